The lowest BCUT2D eigenvalue weighted by Gasteiger charge is -2.26. The van der Waals surface area contributed by atoms with E-state index in [0.717, 1.165) is 45.1 Å². The maximum Gasteiger partial charge on any atom is 0.225 e. The molecule has 2 aliphatic rings. The summed E-state index contributed by atoms with van der Waals surface area (Å²) in [5.41, 5.74) is 2.06. The zero-order valence-electron chi connectivity index (χ0n) is 17.4. The highest BCUT2D eigenvalue weighted by atomic mass is 32.1. The third-order valence-electron chi connectivity index (χ3n) is 5.95. The van der Waals surface area contributed by atoms with Crippen molar-refractivity contribution < 1.29 is 14.6 Å². The molecule has 0 radical (unpaired) electrons. The lowest BCUT2D eigenvalue weighted by atomic mass is 9.87. The van der Waals surface area contributed by atoms with E-state index in [2.05, 4.69) is 20.3 Å². The van der Waals surface area contributed by atoms with Gasteiger partial charge in [-0.3, -0.25) is 9.79 Å². The van der Waals surface area contributed by atoms with E-state index in [-0.39, 0.29) is 18.4 Å². The van der Waals surface area contributed by atoms with Gasteiger partial charge in [0.15, 0.2) is 0 Å². The van der Waals surface area contributed by atoms with E-state index in [0.29, 0.717) is 18.7 Å². The first-order chi connectivity index (χ1) is 15.1. The van der Waals surface area contributed by atoms with Crippen molar-refractivity contribution in [1.29, 1.82) is 0 Å². The number of carbonyl (C=O) groups is 1. The molecule has 1 amide bonds. The molecule has 9 heteroatoms. The molecule has 0 spiro atoms. The number of aliphatic hydroxyl groups is 1. The van der Waals surface area contributed by atoms with Crippen LogP contribution in [0, 0.1) is 5.92 Å². The Hall–Kier alpha value is -3.04. The Balaban J connectivity index is 1.48. The van der Waals surface area contributed by atoms with Gasteiger partial charge in [0.1, 0.15) is 22.7 Å². The molecule has 0 saturated carbocycles. The second-order valence-corrected chi connectivity index (χ2v) is 8.91. The van der Waals surface area contributed by atoms with Crippen molar-refractivity contribution in [2.24, 2.45) is 10.9 Å². The first-order valence-corrected chi connectivity index (χ1v) is 11.0. The zero-order valence-corrected chi connectivity index (χ0v) is 18.2. The number of aryl methyl sites for hydroxylation is 1. The summed E-state index contributed by atoms with van der Waals surface area (Å²) >= 11 is 1.63. The summed E-state index contributed by atoms with van der Waals surface area (Å²) < 4.78 is 5.54. The van der Waals surface area contributed by atoms with Crippen LogP contribution in [0.25, 0.3) is 16.4 Å². The van der Waals surface area contributed by atoms with E-state index in [4.69, 9.17) is 9.84 Å². The Morgan fingerprint density at radius 1 is 1.39 bits per heavy atom. The molecular weight excluding hydrogens is 414 g/mol. The molecular formula is C22H23N5O3S. The summed E-state index contributed by atoms with van der Waals surface area (Å²) in [5.74, 6) is 1.49. The third kappa shape index (κ3) is 3.43. The summed E-state index contributed by atoms with van der Waals surface area (Å²) in [6.45, 7) is 0.340. The van der Waals surface area contributed by atoms with Crippen LogP contribution >= 0.6 is 11.3 Å². The van der Waals surface area contributed by atoms with Gasteiger partial charge in [-0.2, -0.15) is 0 Å². The van der Waals surface area contributed by atoms with Crippen molar-refractivity contribution in [3.05, 3.63) is 39.5 Å². The van der Waals surface area contributed by atoms with Crippen LogP contribution in [-0.2, 0) is 17.6 Å². The summed E-state index contributed by atoms with van der Waals surface area (Å²) in [6, 6.07) is 3.93. The maximum absolute atomic E-state index is 12.7. The molecule has 0 saturated heterocycles. The van der Waals surface area contributed by atoms with Crippen LogP contribution in [0.1, 0.15) is 16.9 Å². The molecule has 8 nitrogen and oxygen atoms in total. The summed E-state index contributed by atoms with van der Waals surface area (Å²) in [4.78, 5) is 29.7. The number of likely N-dealkylation sites (N-methyl/N-ethyl adjacent to an activating group) is 1. The summed E-state index contributed by atoms with van der Waals surface area (Å²) in [7, 11) is 3.39. The smallest absolute Gasteiger partial charge is 0.225 e. The van der Waals surface area contributed by atoms with Crippen LogP contribution < -0.4 is 20.6 Å². The van der Waals surface area contributed by atoms with Crippen molar-refractivity contribution in [1.82, 2.24) is 14.9 Å². The SMILES string of the molecule is COc1cc2c(cc1Nc1ncnc3sc4c(c13)CCC(C(=O)N(C)CCO)C4)=CN=2. The zero-order chi connectivity index (χ0) is 21.5. The monoisotopic (exact) mass is 437 g/mol. The molecule has 1 atom stereocenters. The van der Waals surface area contributed by atoms with Crippen molar-refractivity contribution in [2.75, 3.05) is 32.6 Å². The van der Waals surface area contributed by atoms with Crippen molar-refractivity contribution in [2.45, 2.75) is 19.3 Å². The molecule has 0 fully saturated rings. The van der Waals surface area contributed by atoms with Gasteiger partial charge in [0.2, 0.25) is 5.91 Å². The molecule has 2 aromatic heterocycles. The number of benzene rings is 1. The fraction of sp³-hybridized carbons (Fsp3) is 0.364. The fourth-order valence-electron chi connectivity index (χ4n) is 4.26. The Labute approximate surface area is 182 Å². The first-order valence-electron chi connectivity index (χ1n) is 10.2. The van der Waals surface area contributed by atoms with E-state index in [9.17, 15) is 4.79 Å². The van der Waals surface area contributed by atoms with Crippen molar-refractivity contribution in [3.63, 3.8) is 0 Å². The molecule has 5 rings (SSSR count). The molecule has 31 heavy (non-hydrogen) atoms. The number of hydrogen-bond acceptors (Lipinski definition) is 8. The molecule has 3 aromatic rings. The van der Waals surface area contributed by atoms with Crippen LogP contribution in [0.5, 0.6) is 5.75 Å². The number of aromatic nitrogens is 2. The minimum Gasteiger partial charge on any atom is -0.494 e. The van der Waals surface area contributed by atoms with E-state index >= 15 is 0 Å². The number of ether oxygens (including phenoxy) is 1. The molecule has 160 valence electrons. The summed E-state index contributed by atoms with van der Waals surface area (Å²) in [5, 5.41) is 15.6. The second kappa shape index (κ2) is 7.90. The van der Waals surface area contributed by atoms with Crippen LogP contribution in [0.3, 0.4) is 0 Å². The van der Waals surface area contributed by atoms with E-state index in [1.807, 2.05) is 18.3 Å². The topological polar surface area (TPSA) is 99.9 Å². The number of thiophene rings is 1. The number of anilines is 2. The van der Waals surface area contributed by atoms with Gasteiger partial charge in [-0.15, -0.1) is 11.3 Å². The number of hydrogen-bond donors (Lipinski definition) is 2. The van der Waals surface area contributed by atoms with Gasteiger partial charge < -0.3 is 20.1 Å². The van der Waals surface area contributed by atoms with Crippen LogP contribution in [-0.4, -0.2) is 53.2 Å². The van der Waals surface area contributed by atoms with E-state index in [1.165, 1.54) is 10.4 Å². The van der Waals surface area contributed by atoms with Gasteiger partial charge in [0.25, 0.3) is 0 Å². The Morgan fingerprint density at radius 3 is 3.00 bits per heavy atom. The highest BCUT2D eigenvalue weighted by molar-refractivity contribution is 7.19. The predicted molar refractivity (Wildman–Crippen MR) is 119 cm³/mol. The van der Waals surface area contributed by atoms with Crippen LogP contribution in [0.15, 0.2) is 23.5 Å². The molecule has 1 aromatic carbocycles. The quantitative estimate of drug-likeness (QED) is 0.604. The number of amides is 1. The predicted octanol–water partition coefficient (Wildman–Crippen LogP) is 1.37. The molecule has 1 unspecified atom stereocenters. The summed E-state index contributed by atoms with van der Waals surface area (Å²) in [6.07, 6.45) is 5.67. The number of rotatable bonds is 6. The average Bonchev–Trinajstić information content (AvgIpc) is 3.14. The lowest BCUT2D eigenvalue weighted by molar-refractivity contribution is -0.135. The number of nitrogens with one attached hydrogen (secondary N) is 1. The van der Waals surface area contributed by atoms with Gasteiger partial charge in [-0.05, 0) is 30.9 Å². The molecule has 1 aliphatic heterocycles. The van der Waals surface area contributed by atoms with Crippen molar-refractivity contribution >= 4 is 45.2 Å². The molecule has 1 aliphatic carbocycles. The highest BCUT2D eigenvalue weighted by Crippen LogP contribution is 2.41. The fourth-order valence-corrected chi connectivity index (χ4v) is 5.52. The normalized spacial score (nSPS) is 16.4. The largest absolute Gasteiger partial charge is 0.494 e. The first kappa shape index (κ1) is 19.9. The number of fused-ring (bicyclic) bond motifs is 4. The minimum atomic E-state index is -0.0613. The number of methoxy groups -OCH3 is 1. The highest BCUT2D eigenvalue weighted by Gasteiger charge is 2.30. The number of nitrogens with zero attached hydrogens (tertiary/aromatic N) is 4. The van der Waals surface area contributed by atoms with Gasteiger partial charge >= 0.3 is 0 Å². The van der Waals surface area contributed by atoms with Gasteiger partial charge in [-0.1, -0.05) is 0 Å². The van der Waals surface area contributed by atoms with Crippen molar-refractivity contribution in [3.8, 4) is 5.75 Å². The Bertz CT molecular complexity index is 1300. The second-order valence-electron chi connectivity index (χ2n) is 7.82. The number of aliphatic hydroxyl groups excluding tert-OH is 1. The van der Waals surface area contributed by atoms with Gasteiger partial charge in [0, 0.05) is 41.9 Å². The molecule has 3 heterocycles. The van der Waals surface area contributed by atoms with Crippen LogP contribution in [0.4, 0.5) is 11.5 Å². The van der Waals surface area contributed by atoms with Gasteiger partial charge in [0.05, 0.1) is 30.1 Å². The van der Waals surface area contributed by atoms with Gasteiger partial charge in [-0.25, -0.2) is 9.97 Å². The maximum atomic E-state index is 12.7. The van der Waals surface area contributed by atoms with E-state index in [1.54, 1.807) is 36.7 Å². The molecule has 0 bridgehead atoms. The Kier molecular flexibility index (Phi) is 5.07. The standard InChI is InChI=1S/C22H23N5O3S/c1-27(5-6-28)22(29)12-3-4-14-18(8-12)31-21-19(14)20(24-11-25-21)26-16-7-13-10-23-15(13)9-17(16)30-2/h7,9-12,28H,3-6,8H2,1-2H3,(H,24,25,26). The third-order valence-corrected chi connectivity index (χ3v) is 7.11. The average molecular weight is 438 g/mol. The van der Waals surface area contributed by atoms with E-state index < -0.39 is 0 Å². The molecule has 2 N–H and O–H groups in total. The Morgan fingerprint density at radius 2 is 2.26 bits per heavy atom. The minimum absolute atomic E-state index is 0.0221. The van der Waals surface area contributed by atoms with Crippen LogP contribution in [0.2, 0.25) is 0 Å². The lowest BCUT2D eigenvalue weighted by Crippen LogP contribution is -2.37. The number of carbonyl (C=O) groups excluding carboxylic acids is 1.